The van der Waals surface area contributed by atoms with E-state index in [9.17, 15) is 4.79 Å². The molecule has 2 aromatic carbocycles. The van der Waals surface area contributed by atoms with Gasteiger partial charge in [0.2, 0.25) is 0 Å². The van der Waals surface area contributed by atoms with Crippen molar-refractivity contribution in [1.82, 2.24) is 15.6 Å². The van der Waals surface area contributed by atoms with Crippen molar-refractivity contribution in [2.75, 3.05) is 7.11 Å². The van der Waals surface area contributed by atoms with Crippen LogP contribution in [0, 0.1) is 0 Å². The lowest BCUT2D eigenvalue weighted by Gasteiger charge is -2.13. The summed E-state index contributed by atoms with van der Waals surface area (Å²) in [6, 6.07) is 10.9. The zero-order valence-electron chi connectivity index (χ0n) is 15.1. The fourth-order valence-electron chi connectivity index (χ4n) is 2.42. The first-order valence-electron chi connectivity index (χ1n) is 8.25. The van der Waals surface area contributed by atoms with Gasteiger partial charge in [-0.2, -0.15) is 10.2 Å². The molecule has 0 fully saturated rings. The van der Waals surface area contributed by atoms with Gasteiger partial charge < -0.3 is 9.47 Å². The average Bonchev–Trinajstić information content (AvgIpc) is 3.22. The van der Waals surface area contributed by atoms with Crippen LogP contribution in [0.2, 0.25) is 0 Å². The Balaban J connectivity index is 1.72. The zero-order valence-corrected chi connectivity index (χ0v) is 19.8. The zero-order chi connectivity index (χ0) is 20.8. The maximum atomic E-state index is 11.9. The van der Waals surface area contributed by atoms with Gasteiger partial charge in [-0.3, -0.25) is 9.89 Å². The van der Waals surface area contributed by atoms with Gasteiger partial charge in [-0.25, -0.2) is 5.43 Å². The molecule has 7 nitrogen and oxygen atoms in total. The smallest absolute Gasteiger partial charge is 0.289 e. The van der Waals surface area contributed by atoms with Gasteiger partial charge in [0, 0.05) is 16.2 Å². The molecule has 150 valence electrons. The molecule has 0 bridgehead atoms. The predicted octanol–water partition coefficient (Wildman–Crippen LogP) is 5.05. The second-order valence-electron chi connectivity index (χ2n) is 5.73. The molecule has 0 saturated carbocycles. The fourth-order valence-corrected chi connectivity index (χ4v) is 4.90. The Bertz CT molecular complexity index is 1020. The molecule has 0 spiro atoms. The number of aromatic amines is 1. The maximum absolute atomic E-state index is 11.9. The highest BCUT2D eigenvalue weighted by Crippen LogP contribution is 2.37. The van der Waals surface area contributed by atoms with Crippen LogP contribution in [-0.2, 0) is 6.61 Å². The van der Waals surface area contributed by atoms with Gasteiger partial charge in [-0.15, -0.1) is 0 Å². The molecule has 0 aliphatic heterocycles. The highest BCUT2D eigenvalue weighted by Gasteiger charge is 2.11. The Morgan fingerprint density at radius 1 is 1.21 bits per heavy atom. The number of carbonyl (C=O) groups excluding carboxylic acids is 1. The molecule has 0 radical (unpaired) electrons. The average molecular weight is 587 g/mol. The van der Waals surface area contributed by atoms with Crippen molar-refractivity contribution >= 4 is 59.9 Å². The van der Waals surface area contributed by atoms with Crippen molar-refractivity contribution in [3.05, 3.63) is 72.8 Å². The maximum Gasteiger partial charge on any atom is 0.289 e. The van der Waals surface area contributed by atoms with Crippen LogP contribution in [0.3, 0.4) is 0 Å². The van der Waals surface area contributed by atoms with Gasteiger partial charge in [0.15, 0.2) is 0 Å². The van der Waals surface area contributed by atoms with Crippen molar-refractivity contribution in [2.24, 2.45) is 5.10 Å². The van der Waals surface area contributed by atoms with Crippen LogP contribution in [0.1, 0.15) is 21.6 Å². The van der Waals surface area contributed by atoms with Gasteiger partial charge in [0.05, 0.1) is 22.3 Å². The number of amides is 1. The minimum absolute atomic E-state index is 0.282. The molecule has 1 amide bonds. The van der Waals surface area contributed by atoms with Crippen LogP contribution >= 0.6 is 47.8 Å². The normalized spacial score (nSPS) is 10.9. The Morgan fingerprint density at radius 2 is 1.97 bits per heavy atom. The number of hydrazone groups is 1. The number of carbonyl (C=O) groups is 1. The van der Waals surface area contributed by atoms with Crippen LogP contribution in [0.15, 0.2) is 61.1 Å². The number of halogens is 3. The molecule has 3 aromatic rings. The molecule has 1 aromatic heterocycles. The predicted molar refractivity (Wildman–Crippen MR) is 121 cm³/mol. The van der Waals surface area contributed by atoms with Crippen molar-refractivity contribution in [3.8, 4) is 11.5 Å². The van der Waals surface area contributed by atoms with Gasteiger partial charge in [0.1, 0.15) is 23.8 Å². The van der Waals surface area contributed by atoms with E-state index >= 15 is 0 Å². The molecule has 2 N–H and O–H groups in total. The Labute approximate surface area is 192 Å². The van der Waals surface area contributed by atoms with E-state index < -0.39 is 0 Å². The number of methoxy groups -OCH3 is 1. The summed E-state index contributed by atoms with van der Waals surface area (Å²) in [4.78, 5) is 11.9. The molecule has 0 aliphatic carbocycles. The minimum atomic E-state index is -0.374. The van der Waals surface area contributed by atoms with E-state index in [1.165, 1.54) is 6.20 Å². The summed E-state index contributed by atoms with van der Waals surface area (Å²) in [6.45, 7) is 0.282. The summed E-state index contributed by atoms with van der Waals surface area (Å²) in [5.41, 5.74) is 4.38. The summed E-state index contributed by atoms with van der Waals surface area (Å²) in [6.07, 6.45) is 3.04. The van der Waals surface area contributed by atoms with Crippen molar-refractivity contribution in [3.63, 3.8) is 0 Å². The highest BCUT2D eigenvalue weighted by molar-refractivity contribution is 9.11. The second kappa shape index (κ2) is 10.0. The van der Waals surface area contributed by atoms with E-state index in [2.05, 4.69) is 68.5 Å². The van der Waals surface area contributed by atoms with E-state index in [1.54, 1.807) is 19.4 Å². The quantitative estimate of drug-likeness (QED) is 0.300. The van der Waals surface area contributed by atoms with E-state index in [-0.39, 0.29) is 12.5 Å². The summed E-state index contributed by atoms with van der Waals surface area (Å²) >= 11 is 10.4. The van der Waals surface area contributed by atoms with Crippen LogP contribution in [0.5, 0.6) is 11.5 Å². The molecule has 10 heteroatoms. The molecular weight excluding hydrogens is 572 g/mol. The molecule has 0 saturated heterocycles. The van der Waals surface area contributed by atoms with Crippen LogP contribution in [0.4, 0.5) is 0 Å². The third kappa shape index (κ3) is 5.68. The lowest BCUT2D eigenvalue weighted by Crippen LogP contribution is -2.18. The van der Waals surface area contributed by atoms with E-state index in [0.29, 0.717) is 17.2 Å². The Hall–Kier alpha value is -2.17. The number of nitrogens with zero attached hydrogens (tertiary/aromatic N) is 2. The number of aromatic nitrogens is 2. The largest absolute Gasteiger partial charge is 0.496 e. The number of H-pyrrole nitrogens is 1. The summed E-state index contributed by atoms with van der Waals surface area (Å²) in [5, 5.41) is 10.3. The van der Waals surface area contributed by atoms with Crippen LogP contribution in [0.25, 0.3) is 0 Å². The number of benzene rings is 2. The van der Waals surface area contributed by atoms with E-state index in [1.807, 2.05) is 30.3 Å². The van der Waals surface area contributed by atoms with E-state index in [4.69, 9.17) is 9.47 Å². The molecule has 0 unspecified atom stereocenters. The second-order valence-corrected chi connectivity index (χ2v) is 8.35. The number of hydrogen-bond donors (Lipinski definition) is 2. The first-order valence-corrected chi connectivity index (χ1v) is 10.6. The SMILES string of the molecule is COc1ccc(C=NNC(=O)c2ccn[nH]2)cc1COc1c(Br)cc(Br)cc1Br. The summed E-state index contributed by atoms with van der Waals surface area (Å²) < 4.78 is 14.0. The molecule has 0 atom stereocenters. The molecule has 0 aliphatic rings. The summed E-state index contributed by atoms with van der Waals surface area (Å²) in [5.74, 6) is 0.995. The number of hydrogen-bond acceptors (Lipinski definition) is 5. The van der Waals surface area contributed by atoms with Crippen molar-refractivity contribution in [1.29, 1.82) is 0 Å². The van der Waals surface area contributed by atoms with Gasteiger partial charge >= 0.3 is 0 Å². The molecule has 1 heterocycles. The first-order chi connectivity index (χ1) is 14.0. The Kier molecular flexibility index (Phi) is 7.45. The molecule has 3 rings (SSSR count). The Morgan fingerprint density at radius 3 is 2.62 bits per heavy atom. The minimum Gasteiger partial charge on any atom is -0.496 e. The highest BCUT2D eigenvalue weighted by atomic mass is 79.9. The third-order valence-electron chi connectivity index (χ3n) is 3.76. The molecular formula is C19H15Br3N4O3. The lowest BCUT2D eigenvalue weighted by molar-refractivity contribution is 0.0950. The fraction of sp³-hybridized carbons (Fsp3) is 0.105. The van der Waals surface area contributed by atoms with Crippen molar-refractivity contribution in [2.45, 2.75) is 6.61 Å². The van der Waals surface area contributed by atoms with Gasteiger partial charge in [-0.05, 0) is 73.8 Å². The molecule has 29 heavy (non-hydrogen) atoms. The van der Waals surface area contributed by atoms with Crippen LogP contribution in [-0.4, -0.2) is 29.4 Å². The number of ether oxygens (including phenoxy) is 2. The summed E-state index contributed by atoms with van der Waals surface area (Å²) in [7, 11) is 1.60. The number of rotatable bonds is 7. The number of nitrogens with one attached hydrogen (secondary N) is 2. The first kappa shape index (κ1) is 21.5. The van der Waals surface area contributed by atoms with Gasteiger partial charge in [-0.1, -0.05) is 15.9 Å². The topological polar surface area (TPSA) is 88.6 Å². The van der Waals surface area contributed by atoms with Gasteiger partial charge in [0.25, 0.3) is 5.91 Å². The third-order valence-corrected chi connectivity index (χ3v) is 5.40. The monoisotopic (exact) mass is 584 g/mol. The lowest BCUT2D eigenvalue weighted by atomic mass is 10.1. The standard InChI is InChI=1S/C19H15Br3N4O3/c1-28-17-3-2-11(9-24-26-19(27)16-4-5-23-25-16)6-12(17)10-29-18-14(21)7-13(20)8-15(18)22/h2-9H,10H2,1H3,(H,23,25)(H,26,27). The van der Waals surface area contributed by atoms with E-state index in [0.717, 1.165) is 24.5 Å². The van der Waals surface area contributed by atoms with Crippen LogP contribution < -0.4 is 14.9 Å². The van der Waals surface area contributed by atoms with Crippen molar-refractivity contribution < 1.29 is 14.3 Å².